The monoisotopic (exact) mass is 333 g/mol. The molecule has 20 heavy (non-hydrogen) atoms. The van der Waals surface area contributed by atoms with Crippen molar-refractivity contribution in [3.63, 3.8) is 0 Å². The summed E-state index contributed by atoms with van der Waals surface area (Å²) in [6.45, 7) is 2.54. The molecule has 0 radical (unpaired) electrons. The van der Waals surface area contributed by atoms with E-state index in [1.54, 1.807) is 6.20 Å². The fourth-order valence-corrected chi connectivity index (χ4v) is 2.00. The first-order valence-corrected chi connectivity index (χ1v) is 7.15. The number of anilines is 1. The van der Waals surface area contributed by atoms with Crippen molar-refractivity contribution in [1.29, 1.82) is 0 Å². The van der Waals surface area contributed by atoms with Crippen LogP contribution >= 0.6 is 15.9 Å². The first-order chi connectivity index (χ1) is 9.63. The molecule has 2 aromatic rings. The number of nitrogens with zero attached hydrogens (tertiary/aromatic N) is 1. The van der Waals surface area contributed by atoms with Crippen molar-refractivity contribution in [3.05, 3.63) is 58.2 Å². The van der Waals surface area contributed by atoms with Crippen molar-refractivity contribution in [2.45, 2.75) is 13.3 Å². The molecular weight excluding hydrogens is 318 g/mol. The molecule has 104 valence electrons. The molecule has 1 aromatic heterocycles. The quantitative estimate of drug-likeness (QED) is 0.899. The SMILES string of the molecule is Cc1ccnc(NC(=O)NCCc2ccc(Br)cc2)c1. The molecule has 0 fully saturated rings. The minimum absolute atomic E-state index is 0.236. The van der Waals surface area contributed by atoms with E-state index in [1.165, 1.54) is 5.56 Å². The number of rotatable bonds is 4. The number of amides is 2. The van der Waals surface area contributed by atoms with Gasteiger partial charge < -0.3 is 5.32 Å². The van der Waals surface area contributed by atoms with E-state index in [-0.39, 0.29) is 6.03 Å². The van der Waals surface area contributed by atoms with E-state index < -0.39 is 0 Å². The molecule has 5 heteroatoms. The lowest BCUT2D eigenvalue weighted by Gasteiger charge is -2.07. The minimum Gasteiger partial charge on any atom is -0.337 e. The molecule has 0 saturated carbocycles. The van der Waals surface area contributed by atoms with Crippen LogP contribution in [0.2, 0.25) is 0 Å². The first kappa shape index (κ1) is 14.5. The van der Waals surface area contributed by atoms with E-state index in [0.29, 0.717) is 12.4 Å². The van der Waals surface area contributed by atoms with Crippen LogP contribution in [0.5, 0.6) is 0 Å². The summed E-state index contributed by atoms with van der Waals surface area (Å²) in [4.78, 5) is 15.8. The van der Waals surface area contributed by atoms with E-state index in [9.17, 15) is 4.79 Å². The van der Waals surface area contributed by atoms with E-state index in [4.69, 9.17) is 0 Å². The van der Waals surface area contributed by atoms with Gasteiger partial charge in [0.05, 0.1) is 0 Å². The average Bonchev–Trinajstić information content (AvgIpc) is 2.41. The summed E-state index contributed by atoms with van der Waals surface area (Å²) in [5, 5.41) is 5.52. The van der Waals surface area contributed by atoms with Gasteiger partial charge in [0.25, 0.3) is 0 Å². The van der Waals surface area contributed by atoms with Crippen LogP contribution in [0.3, 0.4) is 0 Å². The van der Waals surface area contributed by atoms with Crippen LogP contribution in [0.4, 0.5) is 10.6 Å². The summed E-state index contributed by atoms with van der Waals surface area (Å²) < 4.78 is 1.05. The highest BCUT2D eigenvalue weighted by atomic mass is 79.9. The second kappa shape index (κ2) is 7.05. The molecule has 0 aliphatic carbocycles. The molecule has 0 atom stereocenters. The second-order valence-electron chi connectivity index (χ2n) is 4.48. The molecule has 1 aromatic carbocycles. The van der Waals surface area contributed by atoms with Gasteiger partial charge in [0.15, 0.2) is 0 Å². The van der Waals surface area contributed by atoms with Crippen molar-refractivity contribution < 1.29 is 4.79 Å². The smallest absolute Gasteiger partial charge is 0.320 e. The van der Waals surface area contributed by atoms with Crippen LogP contribution in [0.15, 0.2) is 47.1 Å². The van der Waals surface area contributed by atoms with Gasteiger partial charge in [-0.05, 0) is 48.7 Å². The summed E-state index contributed by atoms with van der Waals surface area (Å²) in [6.07, 6.45) is 2.47. The molecule has 0 bridgehead atoms. The standard InChI is InChI=1S/C15H16BrN3O/c1-11-6-8-17-14(10-11)19-15(20)18-9-7-12-2-4-13(16)5-3-12/h2-6,8,10H,7,9H2,1H3,(H2,17,18,19,20). The fourth-order valence-electron chi connectivity index (χ4n) is 1.74. The molecule has 2 N–H and O–H groups in total. The minimum atomic E-state index is -0.236. The Morgan fingerprint density at radius 2 is 2.00 bits per heavy atom. The van der Waals surface area contributed by atoms with E-state index in [0.717, 1.165) is 16.5 Å². The molecular formula is C15H16BrN3O. The number of urea groups is 1. The maximum atomic E-state index is 11.7. The van der Waals surface area contributed by atoms with Crippen molar-refractivity contribution in [1.82, 2.24) is 10.3 Å². The zero-order valence-electron chi connectivity index (χ0n) is 11.2. The van der Waals surface area contributed by atoms with Crippen molar-refractivity contribution in [2.24, 2.45) is 0 Å². The molecule has 1 heterocycles. The van der Waals surface area contributed by atoms with Crippen LogP contribution in [0.1, 0.15) is 11.1 Å². The lowest BCUT2D eigenvalue weighted by Crippen LogP contribution is -2.30. The average molecular weight is 334 g/mol. The third-order valence-electron chi connectivity index (χ3n) is 2.77. The lowest BCUT2D eigenvalue weighted by molar-refractivity contribution is 0.252. The molecule has 2 rings (SSSR count). The van der Waals surface area contributed by atoms with Gasteiger partial charge in [-0.25, -0.2) is 9.78 Å². The maximum absolute atomic E-state index is 11.7. The molecule has 0 saturated heterocycles. The highest BCUT2D eigenvalue weighted by Crippen LogP contribution is 2.10. The summed E-state index contributed by atoms with van der Waals surface area (Å²) in [6, 6.07) is 11.5. The normalized spacial score (nSPS) is 10.1. The molecule has 0 aliphatic heterocycles. The van der Waals surface area contributed by atoms with Crippen LogP contribution < -0.4 is 10.6 Å². The van der Waals surface area contributed by atoms with Crippen LogP contribution in [0, 0.1) is 6.92 Å². The summed E-state index contributed by atoms with van der Waals surface area (Å²) >= 11 is 3.39. The van der Waals surface area contributed by atoms with Gasteiger partial charge in [-0.1, -0.05) is 28.1 Å². The molecule has 2 amide bonds. The lowest BCUT2D eigenvalue weighted by atomic mass is 10.1. The fraction of sp³-hybridized carbons (Fsp3) is 0.200. The van der Waals surface area contributed by atoms with E-state index in [1.807, 2.05) is 43.3 Å². The number of nitrogens with one attached hydrogen (secondary N) is 2. The Kier molecular flexibility index (Phi) is 5.12. The topological polar surface area (TPSA) is 54.0 Å². The Morgan fingerprint density at radius 3 is 2.70 bits per heavy atom. The highest BCUT2D eigenvalue weighted by Gasteiger charge is 2.02. The number of aromatic nitrogens is 1. The number of benzene rings is 1. The third kappa shape index (κ3) is 4.66. The van der Waals surface area contributed by atoms with Gasteiger partial charge in [0.2, 0.25) is 0 Å². The number of hydrogen-bond acceptors (Lipinski definition) is 2. The molecule has 0 aliphatic rings. The first-order valence-electron chi connectivity index (χ1n) is 6.35. The Bertz CT molecular complexity index is 584. The largest absolute Gasteiger partial charge is 0.337 e. The Morgan fingerprint density at radius 1 is 1.25 bits per heavy atom. The van der Waals surface area contributed by atoms with Gasteiger partial charge in [-0.2, -0.15) is 0 Å². The van der Waals surface area contributed by atoms with Gasteiger partial charge in [-0.3, -0.25) is 5.32 Å². The number of aryl methyl sites for hydroxylation is 1. The number of halogens is 1. The third-order valence-corrected chi connectivity index (χ3v) is 3.30. The highest BCUT2D eigenvalue weighted by molar-refractivity contribution is 9.10. The second-order valence-corrected chi connectivity index (χ2v) is 5.39. The Balaban J connectivity index is 1.76. The van der Waals surface area contributed by atoms with Crippen LogP contribution in [0.25, 0.3) is 0 Å². The zero-order chi connectivity index (χ0) is 14.4. The summed E-state index contributed by atoms with van der Waals surface area (Å²) in [7, 11) is 0. The van der Waals surface area contributed by atoms with Gasteiger partial charge in [0, 0.05) is 17.2 Å². The number of carbonyl (C=O) groups is 1. The van der Waals surface area contributed by atoms with Crippen molar-refractivity contribution in [3.8, 4) is 0 Å². The van der Waals surface area contributed by atoms with Crippen molar-refractivity contribution >= 4 is 27.8 Å². The maximum Gasteiger partial charge on any atom is 0.320 e. The molecule has 0 unspecified atom stereocenters. The van der Waals surface area contributed by atoms with Crippen LogP contribution in [-0.4, -0.2) is 17.6 Å². The molecule has 4 nitrogen and oxygen atoms in total. The van der Waals surface area contributed by atoms with E-state index in [2.05, 4.69) is 31.5 Å². The Labute approximate surface area is 126 Å². The van der Waals surface area contributed by atoms with Crippen molar-refractivity contribution in [2.75, 3.05) is 11.9 Å². The summed E-state index contributed by atoms with van der Waals surface area (Å²) in [5.74, 6) is 0.561. The predicted molar refractivity (Wildman–Crippen MR) is 83.8 cm³/mol. The predicted octanol–water partition coefficient (Wildman–Crippen LogP) is 3.52. The van der Waals surface area contributed by atoms with Gasteiger partial charge >= 0.3 is 6.03 Å². The number of hydrogen-bond donors (Lipinski definition) is 2. The summed E-state index contributed by atoms with van der Waals surface area (Å²) in [5.41, 5.74) is 2.24. The Hall–Kier alpha value is -1.88. The van der Waals surface area contributed by atoms with Gasteiger partial charge in [-0.15, -0.1) is 0 Å². The van der Waals surface area contributed by atoms with Crippen LogP contribution in [-0.2, 0) is 6.42 Å². The zero-order valence-corrected chi connectivity index (χ0v) is 12.8. The van der Waals surface area contributed by atoms with Gasteiger partial charge in [0.1, 0.15) is 5.82 Å². The van der Waals surface area contributed by atoms with E-state index >= 15 is 0 Å². The molecule has 0 spiro atoms. The number of pyridine rings is 1. The number of carbonyl (C=O) groups excluding carboxylic acids is 1.